The molecule has 176 valence electrons. The molecule has 0 saturated carbocycles. The second-order valence-electron chi connectivity index (χ2n) is 9.44. The van der Waals surface area contributed by atoms with Crippen LogP contribution in [0.1, 0.15) is 37.5 Å². The van der Waals surface area contributed by atoms with Crippen molar-refractivity contribution in [3.63, 3.8) is 0 Å². The fraction of sp³-hybridized carbons (Fsp3) is 0.207. The van der Waals surface area contributed by atoms with E-state index in [9.17, 15) is 0 Å². The number of aromatic nitrogens is 4. The van der Waals surface area contributed by atoms with Gasteiger partial charge in [0, 0.05) is 52.7 Å². The molecule has 1 atom stereocenters. The van der Waals surface area contributed by atoms with Gasteiger partial charge in [-0.05, 0) is 52.4 Å². The minimum atomic E-state index is -0.220. The van der Waals surface area contributed by atoms with Crippen LogP contribution >= 0.6 is 11.6 Å². The van der Waals surface area contributed by atoms with E-state index in [1.165, 1.54) is 22.1 Å². The monoisotopic (exact) mass is 481 g/mol. The van der Waals surface area contributed by atoms with Gasteiger partial charge in [0.25, 0.3) is 0 Å². The Labute approximate surface area is 210 Å². The summed E-state index contributed by atoms with van der Waals surface area (Å²) >= 11 is 6.10. The van der Waals surface area contributed by atoms with Gasteiger partial charge in [0.05, 0.1) is 0 Å². The number of benzene rings is 2. The lowest BCUT2D eigenvalue weighted by Gasteiger charge is -2.35. The van der Waals surface area contributed by atoms with Crippen LogP contribution in [0.25, 0.3) is 22.2 Å². The molecule has 5 nitrogen and oxygen atoms in total. The molecular formula is C29H28ClN5. The predicted octanol–water partition coefficient (Wildman–Crippen LogP) is 6.74. The van der Waals surface area contributed by atoms with Crippen molar-refractivity contribution < 1.29 is 0 Å². The highest BCUT2D eigenvalue weighted by Gasteiger charge is 2.35. The van der Waals surface area contributed by atoms with Crippen LogP contribution in [0.5, 0.6) is 0 Å². The minimum absolute atomic E-state index is 0.220. The smallest absolute Gasteiger partial charge is 0.219 e. The molecule has 5 rings (SSSR count). The number of nitrogens with two attached hydrogens (primary N) is 1. The second-order valence-corrected chi connectivity index (χ2v) is 9.87. The zero-order chi connectivity index (χ0) is 24.6. The van der Waals surface area contributed by atoms with E-state index in [1.807, 2.05) is 24.4 Å². The summed E-state index contributed by atoms with van der Waals surface area (Å²) in [7, 11) is 0. The third kappa shape index (κ3) is 4.28. The van der Waals surface area contributed by atoms with Crippen molar-refractivity contribution in [3.05, 3.63) is 107 Å². The van der Waals surface area contributed by atoms with Crippen molar-refractivity contribution in [1.29, 1.82) is 0 Å². The standard InChI is InChI=1S/C29H28ClN5/c1-19(2)29(3,23-10-8-21(9-11-23)22-15-33-28(31)34-16-22)26-18-35(27-25(26)5-4-14-32-27)17-20-6-12-24(30)13-7-20/h4-16,18-19H,17H2,1-3H3,(H2,31,33,34). The Kier molecular flexibility index (Phi) is 6.03. The predicted molar refractivity (Wildman–Crippen MR) is 143 cm³/mol. The molecule has 3 aromatic heterocycles. The summed E-state index contributed by atoms with van der Waals surface area (Å²) in [6.07, 6.45) is 7.65. The Morgan fingerprint density at radius 1 is 0.914 bits per heavy atom. The Morgan fingerprint density at radius 3 is 2.26 bits per heavy atom. The van der Waals surface area contributed by atoms with Crippen LogP contribution in [0.2, 0.25) is 5.02 Å². The van der Waals surface area contributed by atoms with E-state index >= 15 is 0 Å². The summed E-state index contributed by atoms with van der Waals surface area (Å²) in [5.41, 5.74) is 12.1. The molecule has 0 fully saturated rings. The molecule has 0 amide bonds. The van der Waals surface area contributed by atoms with E-state index < -0.39 is 0 Å². The lowest BCUT2D eigenvalue weighted by atomic mass is 9.68. The average molecular weight is 482 g/mol. The van der Waals surface area contributed by atoms with Gasteiger partial charge >= 0.3 is 0 Å². The molecule has 0 aliphatic heterocycles. The van der Waals surface area contributed by atoms with Crippen LogP contribution < -0.4 is 5.73 Å². The first-order valence-corrected chi connectivity index (χ1v) is 12.1. The molecule has 0 bridgehead atoms. The van der Waals surface area contributed by atoms with Gasteiger partial charge in [-0.2, -0.15) is 0 Å². The summed E-state index contributed by atoms with van der Waals surface area (Å²) in [4.78, 5) is 13.0. The Bertz CT molecular complexity index is 1450. The Balaban J connectivity index is 1.59. The molecule has 5 aromatic rings. The largest absolute Gasteiger partial charge is 0.368 e. The maximum Gasteiger partial charge on any atom is 0.219 e. The van der Waals surface area contributed by atoms with Crippen molar-refractivity contribution in [2.24, 2.45) is 5.92 Å². The van der Waals surface area contributed by atoms with Gasteiger partial charge in [0.15, 0.2) is 0 Å². The number of nitrogens with zero attached hydrogens (tertiary/aromatic N) is 4. The fourth-order valence-corrected chi connectivity index (χ4v) is 4.87. The number of hydrogen-bond donors (Lipinski definition) is 1. The highest BCUT2D eigenvalue weighted by molar-refractivity contribution is 6.30. The molecule has 0 aliphatic carbocycles. The third-order valence-electron chi connectivity index (χ3n) is 7.10. The van der Waals surface area contributed by atoms with E-state index in [0.29, 0.717) is 5.92 Å². The van der Waals surface area contributed by atoms with Crippen LogP contribution in [0.3, 0.4) is 0 Å². The molecule has 6 heteroatoms. The second kappa shape index (κ2) is 9.16. The van der Waals surface area contributed by atoms with Gasteiger partial charge in [0.2, 0.25) is 5.95 Å². The fourth-order valence-electron chi connectivity index (χ4n) is 4.74. The highest BCUT2D eigenvalue weighted by Crippen LogP contribution is 2.43. The Hall–Kier alpha value is -3.70. The molecule has 2 aromatic carbocycles. The van der Waals surface area contributed by atoms with E-state index in [4.69, 9.17) is 22.3 Å². The van der Waals surface area contributed by atoms with Crippen LogP contribution in [-0.2, 0) is 12.0 Å². The number of pyridine rings is 1. The maximum absolute atomic E-state index is 6.10. The number of rotatable bonds is 6. The summed E-state index contributed by atoms with van der Waals surface area (Å²) in [5, 5.41) is 1.92. The quantitative estimate of drug-likeness (QED) is 0.291. The van der Waals surface area contributed by atoms with Crippen molar-refractivity contribution in [2.45, 2.75) is 32.7 Å². The van der Waals surface area contributed by atoms with E-state index in [0.717, 1.165) is 28.3 Å². The van der Waals surface area contributed by atoms with Crippen molar-refractivity contribution in [3.8, 4) is 11.1 Å². The number of fused-ring (bicyclic) bond motifs is 1. The topological polar surface area (TPSA) is 69.6 Å². The van der Waals surface area contributed by atoms with E-state index in [1.54, 1.807) is 12.4 Å². The molecule has 1 unspecified atom stereocenters. The van der Waals surface area contributed by atoms with Gasteiger partial charge < -0.3 is 10.3 Å². The molecule has 2 N–H and O–H groups in total. The molecule has 0 spiro atoms. The normalized spacial score (nSPS) is 13.3. The molecule has 0 aliphatic rings. The Morgan fingerprint density at radius 2 is 1.60 bits per heavy atom. The maximum atomic E-state index is 6.10. The lowest BCUT2D eigenvalue weighted by Crippen LogP contribution is -2.30. The summed E-state index contributed by atoms with van der Waals surface area (Å²) in [5.74, 6) is 0.629. The van der Waals surface area contributed by atoms with Crippen LogP contribution in [-0.4, -0.2) is 19.5 Å². The first kappa shape index (κ1) is 23.1. The highest BCUT2D eigenvalue weighted by atomic mass is 35.5. The van der Waals surface area contributed by atoms with Crippen molar-refractivity contribution in [1.82, 2.24) is 19.5 Å². The van der Waals surface area contributed by atoms with Crippen molar-refractivity contribution >= 4 is 28.6 Å². The van der Waals surface area contributed by atoms with Crippen LogP contribution in [0.15, 0.2) is 85.5 Å². The number of halogens is 1. The summed E-state index contributed by atoms with van der Waals surface area (Å²) in [6.45, 7) is 7.61. The molecule has 0 saturated heterocycles. The third-order valence-corrected chi connectivity index (χ3v) is 7.36. The number of hydrogen-bond acceptors (Lipinski definition) is 4. The van der Waals surface area contributed by atoms with Crippen LogP contribution in [0, 0.1) is 5.92 Å². The lowest BCUT2D eigenvalue weighted by molar-refractivity contribution is 0.407. The molecule has 35 heavy (non-hydrogen) atoms. The molecule has 3 heterocycles. The number of nitrogen functional groups attached to an aromatic ring is 1. The SMILES string of the molecule is CC(C)C(C)(c1ccc(-c2cnc(N)nc2)cc1)c1cn(Cc2ccc(Cl)cc2)c2ncccc12. The zero-order valence-electron chi connectivity index (χ0n) is 20.1. The van der Waals surface area contributed by atoms with Gasteiger partial charge in [-0.3, -0.25) is 0 Å². The van der Waals surface area contributed by atoms with Gasteiger partial charge in [0.1, 0.15) is 5.65 Å². The zero-order valence-corrected chi connectivity index (χ0v) is 20.9. The van der Waals surface area contributed by atoms with Gasteiger partial charge in [-0.1, -0.05) is 68.8 Å². The summed E-state index contributed by atoms with van der Waals surface area (Å²) < 4.78 is 2.24. The number of anilines is 1. The van der Waals surface area contributed by atoms with Crippen LogP contribution in [0.4, 0.5) is 5.95 Å². The van der Waals surface area contributed by atoms with Gasteiger partial charge in [-0.25, -0.2) is 15.0 Å². The van der Waals surface area contributed by atoms with E-state index in [2.05, 4.69) is 84.0 Å². The van der Waals surface area contributed by atoms with Gasteiger partial charge in [-0.15, -0.1) is 0 Å². The first-order chi connectivity index (χ1) is 16.9. The molecule has 0 radical (unpaired) electrons. The minimum Gasteiger partial charge on any atom is -0.368 e. The summed E-state index contributed by atoms with van der Waals surface area (Å²) in [6, 6.07) is 20.9. The first-order valence-electron chi connectivity index (χ1n) is 11.7. The van der Waals surface area contributed by atoms with Crippen molar-refractivity contribution in [2.75, 3.05) is 5.73 Å². The average Bonchev–Trinajstić information content (AvgIpc) is 3.24. The van der Waals surface area contributed by atoms with E-state index in [-0.39, 0.29) is 11.4 Å². The molecular weight excluding hydrogens is 454 g/mol.